The first-order valence-corrected chi connectivity index (χ1v) is 10.0. The Bertz CT molecular complexity index is 800. The summed E-state index contributed by atoms with van der Waals surface area (Å²) in [5, 5.41) is 7.80. The summed E-state index contributed by atoms with van der Waals surface area (Å²) < 4.78 is 1.96. The van der Waals surface area contributed by atoms with E-state index in [1.54, 1.807) is 0 Å². The maximum absolute atomic E-state index is 12.7. The van der Waals surface area contributed by atoms with Crippen LogP contribution in [0, 0.1) is 13.8 Å². The molecule has 0 radical (unpaired) electrons. The van der Waals surface area contributed by atoms with Gasteiger partial charge in [0.25, 0.3) is 0 Å². The smallest absolute Gasteiger partial charge is 0.317 e. The number of piperazine rings is 1. The fraction of sp³-hybridized carbons (Fsp3) is 0.524. The first-order valence-electron chi connectivity index (χ1n) is 10.0. The Morgan fingerprint density at radius 1 is 1.15 bits per heavy atom. The molecule has 0 unspecified atom stereocenters. The minimum Gasteiger partial charge on any atom is -0.334 e. The average molecular weight is 367 g/mol. The third kappa shape index (κ3) is 3.72. The van der Waals surface area contributed by atoms with Crippen LogP contribution in [0.5, 0.6) is 0 Å². The second-order valence-corrected chi connectivity index (χ2v) is 7.69. The first-order chi connectivity index (χ1) is 13.1. The number of fused-ring (bicyclic) bond motifs is 1. The zero-order valence-corrected chi connectivity index (χ0v) is 16.3. The summed E-state index contributed by atoms with van der Waals surface area (Å²) in [7, 11) is 0. The standard InChI is InChI=1S/C21H29N5O/c1-16-20(17(2)26(23-16)18-8-4-3-5-9-18)14-22-21(27)25-13-12-24-11-7-6-10-19(24)15-25/h3-5,8-9,19H,6-7,10-15H2,1-2H3,(H,22,27)/t19-/m1/s1. The van der Waals surface area contributed by atoms with Crippen LogP contribution in [0.1, 0.15) is 36.2 Å². The van der Waals surface area contributed by atoms with Crippen molar-refractivity contribution in [1.82, 2.24) is 24.9 Å². The summed E-state index contributed by atoms with van der Waals surface area (Å²) in [6.07, 6.45) is 3.80. The minimum atomic E-state index is 0.0477. The molecule has 1 aromatic carbocycles. The van der Waals surface area contributed by atoms with E-state index in [2.05, 4.69) is 22.2 Å². The van der Waals surface area contributed by atoms with Crippen molar-refractivity contribution in [2.75, 3.05) is 26.2 Å². The molecule has 0 saturated carbocycles. The van der Waals surface area contributed by atoms with Crippen molar-refractivity contribution in [2.24, 2.45) is 0 Å². The number of amides is 2. The number of aryl methyl sites for hydroxylation is 1. The second-order valence-electron chi connectivity index (χ2n) is 7.69. The van der Waals surface area contributed by atoms with Gasteiger partial charge in [-0.2, -0.15) is 5.10 Å². The van der Waals surface area contributed by atoms with E-state index in [-0.39, 0.29) is 6.03 Å². The molecule has 1 atom stereocenters. The van der Waals surface area contributed by atoms with Gasteiger partial charge in [-0.3, -0.25) is 4.90 Å². The zero-order valence-electron chi connectivity index (χ0n) is 16.3. The lowest BCUT2D eigenvalue weighted by Gasteiger charge is -2.43. The van der Waals surface area contributed by atoms with Crippen LogP contribution < -0.4 is 5.32 Å². The van der Waals surface area contributed by atoms with Gasteiger partial charge in [0.15, 0.2) is 0 Å². The Kier molecular flexibility index (Phi) is 5.16. The van der Waals surface area contributed by atoms with Gasteiger partial charge in [0.1, 0.15) is 0 Å². The molecule has 6 heteroatoms. The summed E-state index contributed by atoms with van der Waals surface area (Å²) in [5.41, 5.74) is 4.19. The summed E-state index contributed by atoms with van der Waals surface area (Å²) in [6.45, 7) is 8.47. The number of rotatable bonds is 3. The number of carbonyl (C=O) groups is 1. The summed E-state index contributed by atoms with van der Waals surface area (Å²) in [6, 6.07) is 10.7. The molecule has 144 valence electrons. The van der Waals surface area contributed by atoms with E-state index >= 15 is 0 Å². The largest absolute Gasteiger partial charge is 0.334 e. The molecule has 2 aliphatic rings. The van der Waals surface area contributed by atoms with Gasteiger partial charge in [0.2, 0.25) is 0 Å². The third-order valence-electron chi connectivity index (χ3n) is 5.98. The van der Waals surface area contributed by atoms with Gasteiger partial charge in [-0.05, 0) is 45.4 Å². The van der Waals surface area contributed by atoms with E-state index in [0.717, 1.165) is 42.3 Å². The predicted octanol–water partition coefficient (Wildman–Crippen LogP) is 2.87. The quantitative estimate of drug-likeness (QED) is 0.908. The minimum absolute atomic E-state index is 0.0477. The summed E-state index contributed by atoms with van der Waals surface area (Å²) in [4.78, 5) is 17.2. The number of nitrogens with zero attached hydrogens (tertiary/aromatic N) is 4. The molecular formula is C21H29N5O. The third-order valence-corrected chi connectivity index (χ3v) is 5.98. The van der Waals surface area contributed by atoms with Crippen LogP contribution in [-0.4, -0.2) is 57.8 Å². The number of hydrogen-bond acceptors (Lipinski definition) is 3. The van der Waals surface area contributed by atoms with Crippen LogP contribution in [0.3, 0.4) is 0 Å². The molecule has 2 aromatic rings. The van der Waals surface area contributed by atoms with Crippen molar-refractivity contribution < 1.29 is 4.79 Å². The Balaban J connectivity index is 1.40. The SMILES string of the molecule is Cc1nn(-c2ccccc2)c(C)c1CNC(=O)N1CCN2CCCC[C@@H]2C1. The van der Waals surface area contributed by atoms with Crippen LogP contribution in [-0.2, 0) is 6.54 Å². The lowest BCUT2D eigenvalue weighted by atomic mass is 10.00. The molecule has 1 N–H and O–H groups in total. The van der Waals surface area contributed by atoms with Gasteiger partial charge in [-0.1, -0.05) is 24.6 Å². The van der Waals surface area contributed by atoms with Crippen LogP contribution in [0.4, 0.5) is 4.79 Å². The summed E-state index contributed by atoms with van der Waals surface area (Å²) in [5.74, 6) is 0. The lowest BCUT2D eigenvalue weighted by Crippen LogP contribution is -2.57. The van der Waals surface area contributed by atoms with E-state index in [9.17, 15) is 4.79 Å². The number of aromatic nitrogens is 2. The van der Waals surface area contributed by atoms with Crippen molar-refractivity contribution in [1.29, 1.82) is 0 Å². The average Bonchev–Trinajstić information content (AvgIpc) is 3.00. The van der Waals surface area contributed by atoms with E-state index in [0.29, 0.717) is 12.6 Å². The highest BCUT2D eigenvalue weighted by Gasteiger charge is 2.31. The van der Waals surface area contributed by atoms with Gasteiger partial charge >= 0.3 is 6.03 Å². The van der Waals surface area contributed by atoms with E-state index in [1.165, 1.54) is 25.8 Å². The highest BCUT2D eigenvalue weighted by Crippen LogP contribution is 2.21. The topological polar surface area (TPSA) is 53.4 Å². The van der Waals surface area contributed by atoms with Crippen LogP contribution in [0.15, 0.2) is 30.3 Å². The van der Waals surface area contributed by atoms with Crippen molar-refractivity contribution in [3.05, 3.63) is 47.3 Å². The molecular weight excluding hydrogens is 338 g/mol. The number of nitrogens with one attached hydrogen (secondary N) is 1. The molecule has 2 fully saturated rings. The molecule has 1 aromatic heterocycles. The van der Waals surface area contributed by atoms with E-state index in [1.807, 2.05) is 46.8 Å². The highest BCUT2D eigenvalue weighted by atomic mass is 16.2. The number of urea groups is 1. The predicted molar refractivity (Wildman–Crippen MR) is 106 cm³/mol. The molecule has 0 spiro atoms. The van der Waals surface area contributed by atoms with Crippen LogP contribution >= 0.6 is 0 Å². The van der Waals surface area contributed by atoms with Gasteiger partial charge < -0.3 is 10.2 Å². The molecule has 0 aliphatic carbocycles. The van der Waals surface area contributed by atoms with Gasteiger partial charge in [0.05, 0.1) is 11.4 Å². The molecule has 2 aliphatic heterocycles. The number of carbonyl (C=O) groups excluding carboxylic acids is 1. The molecule has 6 nitrogen and oxygen atoms in total. The Morgan fingerprint density at radius 2 is 1.96 bits per heavy atom. The fourth-order valence-corrected chi connectivity index (χ4v) is 4.37. The van der Waals surface area contributed by atoms with Gasteiger partial charge in [0, 0.05) is 43.5 Å². The Hall–Kier alpha value is -2.34. The highest BCUT2D eigenvalue weighted by molar-refractivity contribution is 5.74. The number of para-hydroxylation sites is 1. The number of hydrogen-bond donors (Lipinski definition) is 1. The zero-order chi connectivity index (χ0) is 18.8. The van der Waals surface area contributed by atoms with E-state index < -0.39 is 0 Å². The van der Waals surface area contributed by atoms with Gasteiger partial charge in [-0.25, -0.2) is 9.48 Å². The Labute approximate surface area is 161 Å². The van der Waals surface area contributed by atoms with Crippen molar-refractivity contribution in [2.45, 2.75) is 45.7 Å². The van der Waals surface area contributed by atoms with Crippen LogP contribution in [0.25, 0.3) is 5.69 Å². The molecule has 2 saturated heterocycles. The van der Waals surface area contributed by atoms with Crippen molar-refractivity contribution >= 4 is 6.03 Å². The molecule has 3 heterocycles. The van der Waals surface area contributed by atoms with Crippen molar-refractivity contribution in [3.63, 3.8) is 0 Å². The maximum atomic E-state index is 12.7. The molecule has 4 rings (SSSR count). The normalized spacial score (nSPS) is 20.4. The van der Waals surface area contributed by atoms with Gasteiger partial charge in [-0.15, -0.1) is 0 Å². The van der Waals surface area contributed by atoms with Crippen molar-refractivity contribution in [3.8, 4) is 5.69 Å². The monoisotopic (exact) mass is 367 g/mol. The first kappa shape index (κ1) is 18.0. The maximum Gasteiger partial charge on any atom is 0.317 e. The number of piperidine rings is 1. The van der Waals surface area contributed by atoms with E-state index in [4.69, 9.17) is 0 Å². The van der Waals surface area contributed by atoms with Crippen LogP contribution in [0.2, 0.25) is 0 Å². The fourth-order valence-electron chi connectivity index (χ4n) is 4.37. The molecule has 2 amide bonds. The molecule has 27 heavy (non-hydrogen) atoms. The number of benzene rings is 1. The Morgan fingerprint density at radius 3 is 2.78 bits per heavy atom. The lowest BCUT2D eigenvalue weighted by molar-refractivity contribution is 0.0642. The molecule has 0 bridgehead atoms. The summed E-state index contributed by atoms with van der Waals surface area (Å²) >= 11 is 0. The second kappa shape index (κ2) is 7.72.